The summed E-state index contributed by atoms with van der Waals surface area (Å²) in [5.74, 6) is 0. The van der Waals surface area contributed by atoms with Gasteiger partial charge in [-0.3, -0.25) is 0 Å². The lowest BCUT2D eigenvalue weighted by Crippen LogP contribution is -2.18. The van der Waals surface area contributed by atoms with Crippen LogP contribution in [-0.4, -0.2) is 4.32 Å². The van der Waals surface area contributed by atoms with E-state index in [2.05, 4.69) is 28.9 Å². The summed E-state index contributed by atoms with van der Waals surface area (Å²) >= 11 is 3.53. The van der Waals surface area contributed by atoms with Crippen LogP contribution in [0.4, 0.5) is 0 Å². The van der Waals surface area contributed by atoms with Gasteiger partial charge in [-0.25, -0.2) is 0 Å². The van der Waals surface area contributed by atoms with Crippen molar-refractivity contribution in [3.8, 4) is 0 Å². The second kappa shape index (κ2) is 2.18. The molecule has 1 unspecified atom stereocenters. The van der Waals surface area contributed by atoms with Gasteiger partial charge < -0.3 is 5.73 Å². The number of nitrogens with two attached hydrogens (primary N) is 1. The van der Waals surface area contributed by atoms with E-state index in [4.69, 9.17) is 5.73 Å². The van der Waals surface area contributed by atoms with Gasteiger partial charge in [-0.05, 0) is 13.0 Å². The molecule has 0 saturated carbocycles. The Morgan fingerprint density at radius 3 is 2.78 bits per heavy atom. The van der Waals surface area contributed by atoms with Crippen LogP contribution in [0.1, 0.15) is 13.3 Å². The van der Waals surface area contributed by atoms with Crippen molar-refractivity contribution in [1.29, 1.82) is 0 Å². The van der Waals surface area contributed by atoms with Crippen LogP contribution in [0.2, 0.25) is 0 Å². The van der Waals surface area contributed by atoms with Gasteiger partial charge >= 0.3 is 0 Å². The first kappa shape index (κ1) is 6.87. The molecule has 1 aliphatic rings. The van der Waals surface area contributed by atoms with E-state index in [-0.39, 0.29) is 4.32 Å². The molecular weight excluding hydrogens is 178 g/mol. The van der Waals surface area contributed by atoms with E-state index < -0.39 is 0 Å². The maximum absolute atomic E-state index is 5.59. The van der Waals surface area contributed by atoms with Gasteiger partial charge in [0, 0.05) is 16.4 Å². The lowest BCUT2D eigenvalue weighted by Gasteiger charge is -2.20. The highest BCUT2D eigenvalue weighted by molar-refractivity contribution is 9.10. The molecule has 0 spiro atoms. The SMILES string of the molecule is CC1(Br)C=CC=C(N)C1. The summed E-state index contributed by atoms with van der Waals surface area (Å²) in [6, 6.07) is 0. The molecule has 1 aliphatic carbocycles. The minimum absolute atomic E-state index is 0.0891. The zero-order valence-electron chi connectivity index (χ0n) is 5.39. The third-order valence-electron chi connectivity index (χ3n) is 1.30. The molecule has 0 bridgehead atoms. The van der Waals surface area contributed by atoms with Gasteiger partial charge in [-0.2, -0.15) is 0 Å². The van der Waals surface area contributed by atoms with Crippen molar-refractivity contribution in [3.05, 3.63) is 23.9 Å². The number of rotatable bonds is 0. The largest absolute Gasteiger partial charge is 0.402 e. The standard InChI is InChI=1S/C7H10BrN/c1-7(8)4-2-3-6(9)5-7/h2-4H,5,9H2,1H3. The Morgan fingerprint density at radius 2 is 2.44 bits per heavy atom. The summed E-state index contributed by atoms with van der Waals surface area (Å²) in [6.07, 6.45) is 6.92. The molecule has 0 radical (unpaired) electrons. The fourth-order valence-electron chi connectivity index (χ4n) is 0.889. The Labute approximate surface area is 63.8 Å². The summed E-state index contributed by atoms with van der Waals surface area (Å²) in [6.45, 7) is 2.10. The molecule has 50 valence electrons. The average Bonchev–Trinajstić information content (AvgIpc) is 1.60. The van der Waals surface area contributed by atoms with Crippen molar-refractivity contribution in [3.63, 3.8) is 0 Å². The van der Waals surface area contributed by atoms with Crippen molar-refractivity contribution in [2.75, 3.05) is 0 Å². The maximum atomic E-state index is 5.59. The number of hydrogen-bond donors (Lipinski definition) is 1. The van der Waals surface area contributed by atoms with Crippen LogP contribution in [0.5, 0.6) is 0 Å². The molecule has 1 nitrogen and oxygen atoms in total. The Balaban J connectivity index is 2.73. The Hall–Kier alpha value is -0.240. The zero-order chi connectivity index (χ0) is 6.91. The minimum atomic E-state index is 0.0891. The van der Waals surface area contributed by atoms with Crippen LogP contribution in [-0.2, 0) is 0 Å². The molecule has 0 heterocycles. The molecule has 2 heteroatoms. The highest BCUT2D eigenvalue weighted by atomic mass is 79.9. The normalized spacial score (nSPS) is 34.2. The van der Waals surface area contributed by atoms with E-state index in [0.29, 0.717) is 0 Å². The number of halogens is 1. The van der Waals surface area contributed by atoms with Crippen LogP contribution in [0.15, 0.2) is 23.9 Å². The molecule has 2 N–H and O–H groups in total. The van der Waals surface area contributed by atoms with Gasteiger partial charge in [-0.15, -0.1) is 0 Å². The summed E-state index contributed by atoms with van der Waals surface area (Å²) in [5, 5.41) is 0. The smallest absolute Gasteiger partial charge is 0.0465 e. The Bertz CT molecular complexity index is 168. The van der Waals surface area contributed by atoms with Crippen LogP contribution in [0.25, 0.3) is 0 Å². The first-order valence-corrected chi connectivity index (χ1v) is 3.72. The monoisotopic (exact) mass is 187 g/mol. The van der Waals surface area contributed by atoms with E-state index in [1.54, 1.807) is 0 Å². The lowest BCUT2D eigenvalue weighted by molar-refractivity contribution is 0.772. The zero-order valence-corrected chi connectivity index (χ0v) is 6.98. The van der Waals surface area contributed by atoms with E-state index >= 15 is 0 Å². The van der Waals surface area contributed by atoms with Crippen molar-refractivity contribution in [1.82, 2.24) is 0 Å². The first-order chi connectivity index (χ1) is 4.10. The Kier molecular flexibility index (Phi) is 1.66. The predicted molar refractivity (Wildman–Crippen MR) is 43.4 cm³/mol. The summed E-state index contributed by atoms with van der Waals surface area (Å²) < 4.78 is 0.0891. The van der Waals surface area contributed by atoms with Crippen LogP contribution in [0, 0.1) is 0 Å². The molecule has 0 aromatic heterocycles. The van der Waals surface area contributed by atoms with Gasteiger partial charge in [-0.1, -0.05) is 28.1 Å². The number of allylic oxidation sites excluding steroid dienone is 4. The highest BCUT2D eigenvalue weighted by Gasteiger charge is 2.18. The van der Waals surface area contributed by atoms with Crippen molar-refractivity contribution >= 4 is 15.9 Å². The molecule has 0 amide bonds. The van der Waals surface area contributed by atoms with Crippen LogP contribution in [0.3, 0.4) is 0 Å². The van der Waals surface area contributed by atoms with Crippen LogP contribution >= 0.6 is 15.9 Å². The van der Waals surface area contributed by atoms with Crippen molar-refractivity contribution in [2.24, 2.45) is 5.73 Å². The number of alkyl halides is 1. The quantitative estimate of drug-likeness (QED) is 0.577. The lowest BCUT2D eigenvalue weighted by atomic mass is 10.0. The van der Waals surface area contributed by atoms with Gasteiger partial charge in [0.15, 0.2) is 0 Å². The van der Waals surface area contributed by atoms with E-state index in [9.17, 15) is 0 Å². The minimum Gasteiger partial charge on any atom is -0.402 e. The van der Waals surface area contributed by atoms with Gasteiger partial charge in [0.25, 0.3) is 0 Å². The molecule has 0 aromatic rings. The molecule has 1 atom stereocenters. The number of hydrogen-bond acceptors (Lipinski definition) is 1. The molecule has 0 aliphatic heterocycles. The molecule has 0 aromatic carbocycles. The topological polar surface area (TPSA) is 26.0 Å². The molecule has 9 heavy (non-hydrogen) atoms. The third-order valence-corrected chi connectivity index (χ3v) is 1.85. The fourth-order valence-corrected chi connectivity index (χ4v) is 1.37. The Morgan fingerprint density at radius 1 is 1.78 bits per heavy atom. The third kappa shape index (κ3) is 1.86. The summed E-state index contributed by atoms with van der Waals surface area (Å²) in [4.78, 5) is 0. The van der Waals surface area contributed by atoms with E-state index in [1.165, 1.54) is 0 Å². The van der Waals surface area contributed by atoms with Crippen molar-refractivity contribution < 1.29 is 0 Å². The molecule has 0 saturated heterocycles. The van der Waals surface area contributed by atoms with Gasteiger partial charge in [0.1, 0.15) is 0 Å². The average molecular weight is 188 g/mol. The summed E-state index contributed by atoms with van der Waals surface area (Å²) in [7, 11) is 0. The van der Waals surface area contributed by atoms with Crippen molar-refractivity contribution in [2.45, 2.75) is 17.7 Å². The summed E-state index contributed by atoms with van der Waals surface area (Å²) in [5.41, 5.74) is 6.53. The highest BCUT2D eigenvalue weighted by Crippen LogP contribution is 2.28. The predicted octanol–water partition coefficient (Wildman–Crippen LogP) is 1.94. The molecule has 1 rings (SSSR count). The first-order valence-electron chi connectivity index (χ1n) is 2.93. The van der Waals surface area contributed by atoms with Gasteiger partial charge in [0.05, 0.1) is 0 Å². The van der Waals surface area contributed by atoms with E-state index in [1.807, 2.05) is 12.2 Å². The second-order valence-corrected chi connectivity index (χ2v) is 4.37. The molecular formula is C7H10BrN. The molecule has 0 fully saturated rings. The van der Waals surface area contributed by atoms with Gasteiger partial charge in [0.2, 0.25) is 0 Å². The fraction of sp³-hybridized carbons (Fsp3) is 0.429. The second-order valence-electron chi connectivity index (χ2n) is 2.56. The van der Waals surface area contributed by atoms with Crippen LogP contribution < -0.4 is 5.73 Å². The maximum Gasteiger partial charge on any atom is 0.0465 e. The van der Waals surface area contributed by atoms with E-state index in [0.717, 1.165) is 12.1 Å².